The first-order valence-corrected chi connectivity index (χ1v) is 9.00. The summed E-state index contributed by atoms with van der Waals surface area (Å²) in [6.45, 7) is 3.96. The summed E-state index contributed by atoms with van der Waals surface area (Å²) in [5.41, 5.74) is 3.03. The fraction of sp³-hybridized carbons (Fsp3) is 0.0909. The van der Waals surface area contributed by atoms with E-state index in [-0.39, 0.29) is 5.70 Å². The van der Waals surface area contributed by atoms with Gasteiger partial charge in [-0.15, -0.1) is 5.10 Å². The van der Waals surface area contributed by atoms with Gasteiger partial charge in [-0.2, -0.15) is 4.68 Å². The number of ether oxygens (including phenoxy) is 1. The third-order valence-corrected chi connectivity index (χ3v) is 4.45. The number of esters is 1. The van der Waals surface area contributed by atoms with Crippen LogP contribution in [-0.2, 0) is 4.79 Å². The third-order valence-electron chi connectivity index (χ3n) is 4.45. The van der Waals surface area contributed by atoms with Gasteiger partial charge >= 0.3 is 5.97 Å². The molecule has 7 nitrogen and oxygen atoms in total. The van der Waals surface area contributed by atoms with E-state index in [1.807, 2.05) is 56.3 Å². The van der Waals surface area contributed by atoms with E-state index in [0.29, 0.717) is 17.3 Å². The fourth-order valence-electron chi connectivity index (χ4n) is 2.77. The summed E-state index contributed by atoms with van der Waals surface area (Å²) in [5.74, 6) is 0.735. The van der Waals surface area contributed by atoms with Gasteiger partial charge in [0.05, 0.1) is 6.26 Å². The normalized spacial score (nSPS) is 11.4. The van der Waals surface area contributed by atoms with E-state index >= 15 is 0 Å². The maximum Gasteiger partial charge on any atom is 0.362 e. The molecule has 0 N–H and O–H groups in total. The SMILES string of the molecule is Cc1ccc(OC(=O)/C(=C/c2ccco2)n2nnnc2-c2ccccc2)cc1C. The number of benzene rings is 2. The van der Waals surface area contributed by atoms with Gasteiger partial charge in [0.15, 0.2) is 11.5 Å². The number of carbonyl (C=O) groups excluding carboxylic acids is 1. The topological polar surface area (TPSA) is 83.0 Å². The van der Waals surface area contributed by atoms with Crippen molar-refractivity contribution in [3.8, 4) is 17.1 Å². The predicted molar refractivity (Wildman–Crippen MR) is 108 cm³/mol. The molecule has 0 fully saturated rings. The van der Waals surface area contributed by atoms with Crippen LogP contribution in [0.5, 0.6) is 5.75 Å². The Balaban J connectivity index is 1.75. The summed E-state index contributed by atoms with van der Waals surface area (Å²) in [6, 6.07) is 18.3. The van der Waals surface area contributed by atoms with Crippen molar-refractivity contribution in [1.82, 2.24) is 20.2 Å². The molecule has 0 bridgehead atoms. The molecule has 0 saturated heterocycles. The predicted octanol–water partition coefficient (Wildman–Crippen LogP) is 4.15. The Kier molecular flexibility index (Phi) is 5.03. The zero-order valence-corrected chi connectivity index (χ0v) is 15.9. The second kappa shape index (κ2) is 7.93. The lowest BCUT2D eigenvalue weighted by Gasteiger charge is -2.10. The van der Waals surface area contributed by atoms with Crippen molar-refractivity contribution in [1.29, 1.82) is 0 Å². The molecule has 0 spiro atoms. The van der Waals surface area contributed by atoms with Crippen molar-refractivity contribution in [2.24, 2.45) is 0 Å². The zero-order valence-electron chi connectivity index (χ0n) is 15.9. The number of rotatable bonds is 5. The van der Waals surface area contributed by atoms with Gasteiger partial charge in [0.2, 0.25) is 0 Å². The van der Waals surface area contributed by atoms with Gasteiger partial charge in [0.25, 0.3) is 0 Å². The monoisotopic (exact) mass is 386 g/mol. The van der Waals surface area contributed by atoms with E-state index in [0.717, 1.165) is 16.7 Å². The number of nitrogens with zero attached hydrogens (tertiary/aromatic N) is 4. The van der Waals surface area contributed by atoms with E-state index in [9.17, 15) is 4.79 Å². The molecule has 7 heteroatoms. The van der Waals surface area contributed by atoms with Crippen molar-refractivity contribution in [2.75, 3.05) is 0 Å². The molecule has 0 saturated carbocycles. The highest BCUT2D eigenvalue weighted by Crippen LogP contribution is 2.23. The minimum Gasteiger partial charge on any atom is -0.465 e. The molecule has 2 heterocycles. The van der Waals surface area contributed by atoms with Gasteiger partial charge in [0, 0.05) is 11.6 Å². The smallest absolute Gasteiger partial charge is 0.362 e. The van der Waals surface area contributed by atoms with Crippen LogP contribution in [0, 0.1) is 13.8 Å². The van der Waals surface area contributed by atoms with Gasteiger partial charge < -0.3 is 9.15 Å². The molecule has 144 valence electrons. The van der Waals surface area contributed by atoms with Crippen molar-refractivity contribution < 1.29 is 13.9 Å². The Morgan fingerprint density at radius 2 is 1.86 bits per heavy atom. The standard InChI is InChI=1S/C22H18N4O3/c1-15-10-11-19(13-16(15)2)29-22(27)20(14-18-9-6-12-28-18)26-21(23-24-25-26)17-7-4-3-5-8-17/h3-14H,1-2H3/b20-14-. The van der Waals surface area contributed by atoms with E-state index in [4.69, 9.17) is 9.15 Å². The fourth-order valence-corrected chi connectivity index (χ4v) is 2.77. The molecular weight excluding hydrogens is 368 g/mol. The molecule has 2 aromatic carbocycles. The summed E-state index contributed by atoms with van der Waals surface area (Å²) in [7, 11) is 0. The van der Waals surface area contributed by atoms with Crippen molar-refractivity contribution >= 4 is 17.7 Å². The summed E-state index contributed by atoms with van der Waals surface area (Å²) < 4.78 is 12.3. The van der Waals surface area contributed by atoms with Crippen LogP contribution >= 0.6 is 0 Å². The lowest BCUT2D eigenvalue weighted by Crippen LogP contribution is -2.17. The Morgan fingerprint density at radius 3 is 2.59 bits per heavy atom. The van der Waals surface area contributed by atoms with Crippen LogP contribution in [0.1, 0.15) is 16.9 Å². The number of tetrazole rings is 1. The Labute approximate surface area is 167 Å². The number of aromatic nitrogens is 4. The molecular formula is C22H18N4O3. The third kappa shape index (κ3) is 3.98. The average molecular weight is 386 g/mol. The molecule has 0 aliphatic heterocycles. The Hall–Kier alpha value is -4.00. The molecule has 0 radical (unpaired) electrons. The van der Waals surface area contributed by atoms with Gasteiger partial charge in [-0.3, -0.25) is 0 Å². The lowest BCUT2D eigenvalue weighted by atomic mass is 10.1. The average Bonchev–Trinajstić information content (AvgIpc) is 3.41. The maximum atomic E-state index is 13.1. The number of hydrogen-bond acceptors (Lipinski definition) is 6. The summed E-state index contributed by atoms with van der Waals surface area (Å²) >= 11 is 0. The molecule has 0 atom stereocenters. The molecule has 0 amide bonds. The molecule has 2 aromatic heterocycles. The van der Waals surface area contributed by atoms with E-state index in [2.05, 4.69) is 15.5 Å². The van der Waals surface area contributed by atoms with Crippen LogP contribution in [0.3, 0.4) is 0 Å². The Bertz CT molecular complexity index is 1160. The van der Waals surface area contributed by atoms with E-state index in [1.54, 1.807) is 24.3 Å². The van der Waals surface area contributed by atoms with Gasteiger partial charge in [-0.25, -0.2) is 4.79 Å². The molecule has 0 unspecified atom stereocenters. The number of furan rings is 1. The van der Waals surface area contributed by atoms with Gasteiger partial charge in [-0.05, 0) is 59.7 Å². The van der Waals surface area contributed by atoms with Gasteiger partial charge in [0.1, 0.15) is 11.5 Å². The van der Waals surface area contributed by atoms with E-state index in [1.165, 1.54) is 10.9 Å². The Morgan fingerprint density at radius 1 is 1.03 bits per heavy atom. The summed E-state index contributed by atoms with van der Waals surface area (Å²) in [5, 5.41) is 11.8. The molecule has 0 aliphatic rings. The number of hydrogen-bond donors (Lipinski definition) is 0. The first-order valence-electron chi connectivity index (χ1n) is 9.00. The lowest BCUT2D eigenvalue weighted by molar-refractivity contribution is -0.128. The number of carbonyl (C=O) groups is 1. The van der Waals surface area contributed by atoms with E-state index < -0.39 is 5.97 Å². The molecule has 4 aromatic rings. The maximum absolute atomic E-state index is 13.1. The van der Waals surface area contributed by atoms with Crippen molar-refractivity contribution in [3.05, 3.63) is 83.8 Å². The molecule has 29 heavy (non-hydrogen) atoms. The van der Waals surface area contributed by atoms with Crippen molar-refractivity contribution in [3.63, 3.8) is 0 Å². The quantitative estimate of drug-likeness (QED) is 0.291. The van der Waals surface area contributed by atoms with Crippen LogP contribution in [0.2, 0.25) is 0 Å². The van der Waals surface area contributed by atoms with Crippen LogP contribution in [-0.4, -0.2) is 26.2 Å². The highest BCUT2D eigenvalue weighted by molar-refractivity contribution is 6.16. The molecule has 4 rings (SSSR count). The zero-order chi connectivity index (χ0) is 20.2. The second-order valence-electron chi connectivity index (χ2n) is 6.46. The van der Waals surface area contributed by atoms with Crippen molar-refractivity contribution in [2.45, 2.75) is 13.8 Å². The minimum absolute atomic E-state index is 0.127. The summed E-state index contributed by atoms with van der Waals surface area (Å²) in [6.07, 6.45) is 3.07. The van der Waals surface area contributed by atoms with Crippen LogP contribution < -0.4 is 4.74 Å². The van der Waals surface area contributed by atoms with Gasteiger partial charge in [-0.1, -0.05) is 36.4 Å². The second-order valence-corrected chi connectivity index (χ2v) is 6.46. The molecule has 0 aliphatic carbocycles. The first kappa shape index (κ1) is 18.4. The first-order chi connectivity index (χ1) is 14.1. The largest absolute Gasteiger partial charge is 0.465 e. The highest BCUT2D eigenvalue weighted by Gasteiger charge is 2.22. The van der Waals surface area contributed by atoms with Crippen LogP contribution in [0.15, 0.2) is 71.3 Å². The summed E-state index contributed by atoms with van der Waals surface area (Å²) in [4.78, 5) is 13.1. The van der Waals surface area contributed by atoms with Crippen LogP contribution in [0.4, 0.5) is 0 Å². The van der Waals surface area contributed by atoms with Crippen LogP contribution in [0.25, 0.3) is 23.2 Å². The minimum atomic E-state index is -0.603. The highest BCUT2D eigenvalue weighted by atomic mass is 16.5. The number of aryl methyl sites for hydroxylation is 2.